The van der Waals surface area contributed by atoms with Crippen LogP contribution in [0.25, 0.3) is 0 Å². The van der Waals surface area contributed by atoms with E-state index in [2.05, 4.69) is 0 Å². The monoisotopic (exact) mass is 273 g/mol. The van der Waals surface area contributed by atoms with Crippen molar-refractivity contribution >= 4 is 12.2 Å². The molecule has 0 heterocycles. The second kappa shape index (κ2) is 5.39. The zero-order valence-electron chi connectivity index (χ0n) is 13.6. The predicted octanol–water partition coefficient (Wildman–Crippen LogP) is 3.96. The van der Waals surface area contributed by atoms with Gasteiger partial charge in [0.1, 0.15) is 11.2 Å². The highest BCUT2D eigenvalue weighted by molar-refractivity contribution is 5.89. The van der Waals surface area contributed by atoms with Gasteiger partial charge in [-0.25, -0.2) is 14.5 Å². The first-order valence-corrected chi connectivity index (χ1v) is 6.40. The van der Waals surface area contributed by atoms with Crippen molar-refractivity contribution in [1.29, 1.82) is 0 Å². The van der Waals surface area contributed by atoms with E-state index in [1.807, 2.05) is 0 Å². The van der Waals surface area contributed by atoms with E-state index in [-0.39, 0.29) is 0 Å². The van der Waals surface area contributed by atoms with Gasteiger partial charge < -0.3 is 9.47 Å². The molecule has 0 fully saturated rings. The number of rotatable bonds is 0. The fourth-order valence-corrected chi connectivity index (χ4v) is 1.24. The van der Waals surface area contributed by atoms with Crippen molar-refractivity contribution in [2.24, 2.45) is 0 Å². The summed E-state index contributed by atoms with van der Waals surface area (Å²) in [6.07, 6.45) is -1.40. The Morgan fingerprint density at radius 3 is 1.11 bits per heavy atom. The van der Waals surface area contributed by atoms with Crippen molar-refractivity contribution in [2.45, 2.75) is 79.1 Å². The number of nitrogens with zero attached hydrogens (tertiary/aromatic N) is 1. The lowest BCUT2D eigenvalue weighted by molar-refractivity contribution is -0.0159. The van der Waals surface area contributed by atoms with Crippen molar-refractivity contribution < 1.29 is 19.1 Å². The lowest BCUT2D eigenvalue weighted by Crippen LogP contribution is -2.52. The van der Waals surface area contributed by atoms with Gasteiger partial charge in [-0.3, -0.25) is 0 Å². The van der Waals surface area contributed by atoms with Crippen molar-refractivity contribution in [1.82, 2.24) is 4.90 Å². The number of carbonyl (C=O) groups is 2. The first-order chi connectivity index (χ1) is 8.13. The van der Waals surface area contributed by atoms with Crippen LogP contribution in [0.3, 0.4) is 0 Å². The van der Waals surface area contributed by atoms with Crippen molar-refractivity contribution in [3.63, 3.8) is 0 Å². The van der Waals surface area contributed by atoms with Gasteiger partial charge in [0.05, 0.1) is 0 Å². The quantitative estimate of drug-likeness (QED) is 0.670. The van der Waals surface area contributed by atoms with Crippen molar-refractivity contribution in [3.8, 4) is 0 Å². The summed E-state index contributed by atoms with van der Waals surface area (Å²) in [5.74, 6) is 0. The van der Waals surface area contributed by atoms with E-state index in [1.54, 1.807) is 62.3 Å². The predicted molar refractivity (Wildman–Crippen MR) is 74.1 cm³/mol. The molecule has 0 spiro atoms. The van der Waals surface area contributed by atoms with E-state index < -0.39 is 28.9 Å². The number of carbonyl (C=O) groups excluding carboxylic acids is 2. The van der Waals surface area contributed by atoms with Gasteiger partial charge in [0.15, 0.2) is 0 Å². The molecule has 0 aliphatic carbocycles. The van der Waals surface area contributed by atoms with Crippen molar-refractivity contribution in [3.05, 3.63) is 0 Å². The molecule has 0 rings (SSSR count). The molecule has 19 heavy (non-hydrogen) atoms. The minimum Gasteiger partial charge on any atom is -0.443 e. The Bertz CT molecular complexity index is 314. The fourth-order valence-electron chi connectivity index (χ4n) is 1.24. The lowest BCUT2D eigenvalue weighted by Gasteiger charge is -2.35. The average Bonchev–Trinajstić information content (AvgIpc) is 1.90. The van der Waals surface area contributed by atoms with Crippen LogP contribution in [0, 0.1) is 0 Å². The molecule has 0 aromatic rings. The zero-order chi connectivity index (χ0) is 15.6. The minimum atomic E-state index is -0.718. The molecule has 0 unspecified atom stereocenters. The molecule has 112 valence electrons. The molecule has 0 saturated heterocycles. The van der Waals surface area contributed by atoms with Crippen LogP contribution in [-0.4, -0.2) is 33.8 Å². The lowest BCUT2D eigenvalue weighted by atomic mass is 10.1. The first kappa shape index (κ1) is 17.7. The highest BCUT2D eigenvalue weighted by atomic mass is 16.6. The highest BCUT2D eigenvalue weighted by Crippen LogP contribution is 2.21. The first-order valence-electron chi connectivity index (χ1n) is 6.40. The molecule has 0 aliphatic heterocycles. The summed E-state index contributed by atoms with van der Waals surface area (Å²) in [6.45, 7) is 15.8. The van der Waals surface area contributed by atoms with Gasteiger partial charge >= 0.3 is 12.2 Å². The van der Waals surface area contributed by atoms with Gasteiger partial charge in [0.25, 0.3) is 0 Å². The van der Waals surface area contributed by atoms with Crippen LogP contribution in [-0.2, 0) is 9.47 Å². The fraction of sp³-hybridized carbons (Fsp3) is 0.857. The molecule has 0 N–H and O–H groups in total. The zero-order valence-corrected chi connectivity index (χ0v) is 13.6. The van der Waals surface area contributed by atoms with Crippen LogP contribution in [0.2, 0.25) is 0 Å². The molecule has 0 saturated carbocycles. The van der Waals surface area contributed by atoms with Crippen LogP contribution in [0.1, 0.15) is 62.3 Å². The van der Waals surface area contributed by atoms with Crippen LogP contribution in [0.15, 0.2) is 0 Å². The second-order valence-electron chi connectivity index (χ2n) is 7.47. The van der Waals surface area contributed by atoms with Crippen molar-refractivity contribution in [2.75, 3.05) is 0 Å². The molecule has 0 radical (unpaired) electrons. The van der Waals surface area contributed by atoms with E-state index in [0.29, 0.717) is 0 Å². The van der Waals surface area contributed by atoms with Gasteiger partial charge in [0, 0.05) is 5.54 Å². The molecule has 5 heteroatoms. The van der Waals surface area contributed by atoms with Gasteiger partial charge in [0.2, 0.25) is 0 Å². The van der Waals surface area contributed by atoms with E-state index in [9.17, 15) is 9.59 Å². The summed E-state index contributed by atoms with van der Waals surface area (Å²) in [4.78, 5) is 25.3. The average molecular weight is 273 g/mol. The number of hydrogen-bond donors (Lipinski definition) is 0. The Hall–Kier alpha value is -1.26. The largest absolute Gasteiger partial charge is 0.443 e. The molecule has 0 atom stereocenters. The van der Waals surface area contributed by atoms with E-state index in [0.717, 1.165) is 4.90 Å². The number of imide groups is 1. The second-order valence-corrected chi connectivity index (χ2v) is 7.47. The third-order valence-corrected chi connectivity index (χ3v) is 1.82. The Morgan fingerprint density at radius 1 is 0.684 bits per heavy atom. The van der Waals surface area contributed by atoms with Gasteiger partial charge in [-0.2, -0.15) is 0 Å². The van der Waals surface area contributed by atoms with Gasteiger partial charge in [-0.15, -0.1) is 0 Å². The van der Waals surface area contributed by atoms with Crippen LogP contribution in [0.4, 0.5) is 9.59 Å². The SMILES string of the molecule is CC(C)(C)OC(=O)N(C(=O)OC(C)(C)C)C(C)(C)C. The van der Waals surface area contributed by atoms with Crippen LogP contribution in [0.5, 0.6) is 0 Å². The number of amides is 2. The summed E-state index contributed by atoms with van der Waals surface area (Å²) < 4.78 is 10.5. The molecular formula is C14H27NO4. The molecule has 5 nitrogen and oxygen atoms in total. The van der Waals surface area contributed by atoms with Gasteiger partial charge in [-0.05, 0) is 62.3 Å². The molecule has 0 aromatic carbocycles. The summed E-state index contributed by atoms with van der Waals surface area (Å²) in [6, 6.07) is 0. The Labute approximate surface area is 116 Å². The normalized spacial score (nSPS) is 12.9. The molecular weight excluding hydrogens is 246 g/mol. The Kier molecular flexibility index (Phi) is 5.03. The summed E-state index contributed by atoms with van der Waals surface area (Å²) in [5, 5.41) is 0. The minimum absolute atomic E-state index is 0.664. The number of ether oxygens (including phenoxy) is 2. The van der Waals surface area contributed by atoms with Crippen LogP contribution >= 0.6 is 0 Å². The maximum absolute atomic E-state index is 12.1. The maximum atomic E-state index is 12.1. The summed E-state index contributed by atoms with van der Waals surface area (Å²) in [5.41, 5.74) is -2.05. The third-order valence-electron chi connectivity index (χ3n) is 1.82. The molecule has 0 aliphatic rings. The number of hydrogen-bond acceptors (Lipinski definition) is 4. The standard InChI is InChI=1S/C14H27NO4/c1-12(2,3)15(10(16)18-13(4,5)6)11(17)19-14(7,8)9/h1-9H3. The van der Waals surface area contributed by atoms with Gasteiger partial charge in [-0.1, -0.05) is 0 Å². The van der Waals surface area contributed by atoms with E-state index in [1.165, 1.54) is 0 Å². The van der Waals surface area contributed by atoms with Crippen LogP contribution < -0.4 is 0 Å². The molecule has 2 amide bonds. The smallest absolute Gasteiger partial charge is 0.420 e. The molecule has 0 bridgehead atoms. The van der Waals surface area contributed by atoms with E-state index in [4.69, 9.17) is 9.47 Å². The Morgan fingerprint density at radius 2 is 0.947 bits per heavy atom. The highest BCUT2D eigenvalue weighted by Gasteiger charge is 2.38. The summed E-state index contributed by atoms with van der Waals surface area (Å²) in [7, 11) is 0. The molecule has 0 aromatic heterocycles. The summed E-state index contributed by atoms with van der Waals surface area (Å²) >= 11 is 0. The van der Waals surface area contributed by atoms with E-state index >= 15 is 0 Å². The maximum Gasteiger partial charge on any atom is 0.420 e. The third kappa shape index (κ3) is 7.03. The topological polar surface area (TPSA) is 55.8 Å². The Balaban J connectivity index is 5.15.